The topological polar surface area (TPSA) is 96.2 Å². The number of carbonyl (C=O) groups is 2. The number of halogens is 1. The first-order valence-corrected chi connectivity index (χ1v) is 16.1. The average molecular weight is 640 g/mol. The Morgan fingerprint density at radius 2 is 1.82 bits per heavy atom. The lowest BCUT2D eigenvalue weighted by Crippen LogP contribution is -2.52. The largest absolute Gasteiger partial charge is 0.378 e. The number of hydrogen-bond donors (Lipinski definition) is 1. The minimum atomic E-state index is -0.728. The van der Waals surface area contributed by atoms with Crippen LogP contribution in [0.3, 0.4) is 0 Å². The highest BCUT2D eigenvalue weighted by Crippen LogP contribution is 2.30. The molecule has 2 amide bonds. The van der Waals surface area contributed by atoms with Crippen LogP contribution < -0.4 is 10.2 Å². The van der Waals surface area contributed by atoms with E-state index >= 15 is 0 Å². The summed E-state index contributed by atoms with van der Waals surface area (Å²) in [5, 5.41) is 15.0. The van der Waals surface area contributed by atoms with Crippen LogP contribution >= 0.6 is 22.9 Å². The average Bonchev–Trinajstić information content (AvgIpc) is 3.69. The maximum Gasteiger partial charge on any atom is 0.247 e. The molecule has 0 fully saturated rings. The van der Waals surface area contributed by atoms with Gasteiger partial charge in [0.25, 0.3) is 0 Å². The molecule has 2 heterocycles. The van der Waals surface area contributed by atoms with Gasteiger partial charge in [0.1, 0.15) is 23.1 Å². The van der Waals surface area contributed by atoms with E-state index in [0.29, 0.717) is 22.6 Å². The molecule has 1 N–H and O–H groups in total. The second-order valence-corrected chi connectivity index (χ2v) is 12.7. The third-order valence-electron chi connectivity index (χ3n) is 8.03. The molecule has 0 aliphatic heterocycles. The van der Waals surface area contributed by atoms with Gasteiger partial charge in [-0.3, -0.25) is 9.59 Å². The maximum atomic E-state index is 14.3. The van der Waals surface area contributed by atoms with Gasteiger partial charge in [-0.1, -0.05) is 53.2 Å². The van der Waals surface area contributed by atoms with Crippen LogP contribution in [0.5, 0.6) is 0 Å². The first-order valence-electron chi connectivity index (χ1n) is 14.9. The third-order valence-corrected chi connectivity index (χ3v) is 9.12. The smallest absolute Gasteiger partial charge is 0.247 e. The molecular formula is C34H34ClN7O2S. The second kappa shape index (κ2) is 13.6. The summed E-state index contributed by atoms with van der Waals surface area (Å²) < 4.78 is 1.60. The summed E-state index contributed by atoms with van der Waals surface area (Å²) in [7, 11) is 3.94. The predicted octanol–water partition coefficient (Wildman–Crippen LogP) is 6.67. The lowest BCUT2D eigenvalue weighted by atomic mass is 9.86. The number of fused-ring (bicyclic) bond motifs is 1. The van der Waals surface area contributed by atoms with Crippen molar-refractivity contribution in [1.82, 2.24) is 24.9 Å². The van der Waals surface area contributed by atoms with E-state index in [1.54, 1.807) is 9.58 Å². The summed E-state index contributed by atoms with van der Waals surface area (Å²) in [4.78, 5) is 37.1. The van der Waals surface area contributed by atoms with Crippen molar-refractivity contribution in [3.63, 3.8) is 0 Å². The van der Waals surface area contributed by atoms with Crippen LogP contribution in [0.1, 0.15) is 24.3 Å². The normalized spacial score (nSPS) is 15.1. The molecule has 2 unspecified atom stereocenters. The van der Waals surface area contributed by atoms with E-state index < -0.39 is 6.04 Å². The molecule has 0 saturated heterocycles. The minimum absolute atomic E-state index is 0.0558. The molecule has 2 atom stereocenters. The van der Waals surface area contributed by atoms with Crippen molar-refractivity contribution in [2.24, 2.45) is 5.92 Å². The zero-order valence-corrected chi connectivity index (χ0v) is 26.7. The van der Waals surface area contributed by atoms with E-state index in [-0.39, 0.29) is 30.8 Å². The van der Waals surface area contributed by atoms with Crippen LogP contribution in [-0.4, -0.2) is 56.8 Å². The zero-order chi connectivity index (χ0) is 31.3. The molecule has 5 aromatic rings. The van der Waals surface area contributed by atoms with Gasteiger partial charge in [0.05, 0.1) is 17.8 Å². The molecule has 230 valence electrons. The second-order valence-electron chi connectivity index (χ2n) is 11.3. The number of allylic oxidation sites excluding steroid dienone is 2. The Morgan fingerprint density at radius 3 is 2.56 bits per heavy atom. The molecule has 9 nitrogen and oxygen atoms in total. The number of nitrogens with one attached hydrogen (secondary N) is 1. The molecular weight excluding hydrogens is 606 g/mol. The van der Waals surface area contributed by atoms with Crippen LogP contribution in [-0.2, 0) is 22.7 Å². The van der Waals surface area contributed by atoms with Gasteiger partial charge in [-0.25, -0.2) is 9.67 Å². The minimum Gasteiger partial charge on any atom is -0.378 e. The molecule has 2 aromatic heterocycles. The lowest BCUT2D eigenvalue weighted by Gasteiger charge is -2.36. The Labute approximate surface area is 271 Å². The zero-order valence-electron chi connectivity index (χ0n) is 25.1. The number of thiazole rings is 1. The van der Waals surface area contributed by atoms with Gasteiger partial charge in [-0.2, -0.15) is 0 Å². The monoisotopic (exact) mass is 639 g/mol. The highest BCUT2D eigenvalue weighted by atomic mass is 35.5. The molecule has 11 heteroatoms. The molecule has 1 aliphatic carbocycles. The number of carbonyl (C=O) groups excluding carboxylic acids is 2. The van der Waals surface area contributed by atoms with Crippen molar-refractivity contribution in [2.75, 3.05) is 24.3 Å². The predicted molar refractivity (Wildman–Crippen MR) is 180 cm³/mol. The van der Waals surface area contributed by atoms with E-state index in [1.165, 1.54) is 11.3 Å². The number of amides is 2. The van der Waals surface area contributed by atoms with Crippen LogP contribution in [0.2, 0.25) is 5.02 Å². The van der Waals surface area contributed by atoms with Crippen molar-refractivity contribution in [1.29, 1.82) is 0 Å². The fraction of sp³-hybridized carbons (Fsp3) is 0.265. The van der Waals surface area contributed by atoms with E-state index in [4.69, 9.17) is 16.6 Å². The molecule has 0 radical (unpaired) electrons. The Kier molecular flexibility index (Phi) is 9.23. The van der Waals surface area contributed by atoms with Crippen molar-refractivity contribution in [2.45, 2.75) is 38.4 Å². The Morgan fingerprint density at radius 1 is 1.04 bits per heavy atom. The number of benzene rings is 3. The molecule has 6 rings (SSSR count). The third kappa shape index (κ3) is 7.08. The quantitative estimate of drug-likeness (QED) is 0.172. The number of nitrogens with zero attached hydrogens (tertiary/aromatic N) is 6. The van der Waals surface area contributed by atoms with Crippen molar-refractivity contribution in [3.05, 3.63) is 100 Å². The van der Waals surface area contributed by atoms with E-state index in [2.05, 4.69) is 27.8 Å². The lowest BCUT2D eigenvalue weighted by molar-refractivity contribution is -0.142. The van der Waals surface area contributed by atoms with Crippen molar-refractivity contribution in [3.8, 4) is 11.3 Å². The number of rotatable bonds is 10. The van der Waals surface area contributed by atoms with Gasteiger partial charge in [-0.05, 0) is 73.7 Å². The summed E-state index contributed by atoms with van der Waals surface area (Å²) in [6.45, 7) is 0.126. The molecule has 3 aromatic carbocycles. The Balaban J connectivity index is 1.34. The molecule has 0 spiro atoms. The SMILES string of the molecule is CN(C)c1ccc(NC(=O)C(C2CC=CCC2)N(Cc2nc(-c3ccc(Cl)cc3)cs2)C(=O)Cn2nnc3ccccc32)cc1. The van der Waals surface area contributed by atoms with Gasteiger partial charge in [0.15, 0.2) is 0 Å². The number of aromatic nitrogens is 4. The fourth-order valence-electron chi connectivity index (χ4n) is 5.65. The van der Waals surface area contributed by atoms with Crippen LogP contribution in [0.25, 0.3) is 22.3 Å². The van der Waals surface area contributed by atoms with E-state index in [0.717, 1.165) is 40.3 Å². The van der Waals surface area contributed by atoms with Gasteiger partial charge < -0.3 is 15.1 Å². The summed E-state index contributed by atoms with van der Waals surface area (Å²) in [6, 6.07) is 22.0. The molecule has 1 aliphatic rings. The van der Waals surface area contributed by atoms with E-state index in [1.807, 2.05) is 97.2 Å². The number of para-hydroxylation sites is 1. The van der Waals surface area contributed by atoms with Gasteiger partial charge >= 0.3 is 0 Å². The summed E-state index contributed by atoms with van der Waals surface area (Å²) >= 11 is 7.57. The van der Waals surface area contributed by atoms with Crippen LogP contribution in [0.4, 0.5) is 11.4 Å². The number of anilines is 2. The number of hydrogen-bond acceptors (Lipinski definition) is 7. The Bertz CT molecular complexity index is 1810. The Hall–Kier alpha value is -4.54. The molecule has 0 bridgehead atoms. The van der Waals surface area contributed by atoms with Crippen molar-refractivity contribution >= 4 is 57.2 Å². The van der Waals surface area contributed by atoms with Crippen LogP contribution in [0, 0.1) is 5.92 Å². The highest BCUT2D eigenvalue weighted by molar-refractivity contribution is 7.09. The van der Waals surface area contributed by atoms with Crippen LogP contribution in [0.15, 0.2) is 90.3 Å². The standard InChI is InChI=1S/C34H34ClN7O2S/c1-40(2)27-18-16-26(17-19-27)36-34(44)33(24-8-4-3-5-9-24)41(32(43)21-42-30-11-7-6-10-28(30)38-39-42)20-31-37-29(22-45-31)23-12-14-25(35)15-13-23/h3-4,6-7,10-19,22,24,33H,5,8-9,20-21H2,1-2H3,(H,36,44). The van der Waals surface area contributed by atoms with Gasteiger partial charge in [0, 0.05) is 41.4 Å². The first-order chi connectivity index (χ1) is 21.9. The summed E-state index contributed by atoms with van der Waals surface area (Å²) in [5.74, 6) is -0.520. The molecule has 0 saturated carbocycles. The summed E-state index contributed by atoms with van der Waals surface area (Å²) in [6.07, 6.45) is 6.58. The van der Waals surface area contributed by atoms with Gasteiger partial charge in [-0.15, -0.1) is 16.4 Å². The maximum absolute atomic E-state index is 14.3. The summed E-state index contributed by atoms with van der Waals surface area (Å²) in [5.41, 5.74) is 4.89. The fourth-order valence-corrected chi connectivity index (χ4v) is 6.58. The molecule has 45 heavy (non-hydrogen) atoms. The van der Waals surface area contributed by atoms with E-state index in [9.17, 15) is 9.59 Å². The van der Waals surface area contributed by atoms with Crippen molar-refractivity contribution < 1.29 is 9.59 Å². The first kappa shape index (κ1) is 30.5. The highest BCUT2D eigenvalue weighted by Gasteiger charge is 2.37. The van der Waals surface area contributed by atoms with Gasteiger partial charge in [0.2, 0.25) is 11.8 Å².